The van der Waals surface area contributed by atoms with Gasteiger partial charge in [0, 0.05) is 0 Å². The van der Waals surface area contributed by atoms with E-state index in [1.54, 1.807) is 0 Å². The van der Waals surface area contributed by atoms with Crippen molar-refractivity contribution in [2.24, 2.45) is 0 Å². The van der Waals surface area contributed by atoms with Crippen molar-refractivity contribution in [3.63, 3.8) is 0 Å². The van der Waals surface area contributed by atoms with Gasteiger partial charge in [0.05, 0.1) is 5.41 Å². The fraction of sp³-hybridized carbons (Fsp3) is 0.0164. The minimum absolute atomic E-state index is 0.193. The van der Waals surface area contributed by atoms with Crippen molar-refractivity contribution in [1.29, 1.82) is 0 Å². The highest BCUT2D eigenvalue weighted by molar-refractivity contribution is 6.13. The lowest BCUT2D eigenvalue weighted by atomic mass is 9.65. The summed E-state index contributed by atoms with van der Waals surface area (Å²) in [6.07, 6.45) is 0. The molecule has 0 fully saturated rings. The summed E-state index contributed by atoms with van der Waals surface area (Å²) >= 11 is 0. The zero-order valence-corrected chi connectivity index (χ0v) is 34.2. The Kier molecular flexibility index (Phi) is 7.56. The van der Waals surface area contributed by atoms with Crippen molar-refractivity contribution >= 4 is 64.6 Å². The molecular formula is C61H38O2. The van der Waals surface area contributed by atoms with E-state index in [1.807, 2.05) is 24.3 Å². The molecule has 0 aliphatic heterocycles. The molecule has 13 rings (SSSR count). The average molecular weight is 803 g/mol. The second kappa shape index (κ2) is 13.4. The molecule has 2 N–H and O–H groups in total. The van der Waals surface area contributed by atoms with Crippen LogP contribution in [-0.2, 0) is 5.41 Å². The van der Waals surface area contributed by atoms with E-state index in [1.165, 1.54) is 21.5 Å². The van der Waals surface area contributed by atoms with E-state index in [0.29, 0.717) is 0 Å². The van der Waals surface area contributed by atoms with Crippen LogP contribution in [0.3, 0.4) is 0 Å². The van der Waals surface area contributed by atoms with Gasteiger partial charge in [0.25, 0.3) is 0 Å². The average Bonchev–Trinajstić information content (AvgIpc) is 3.62. The minimum atomic E-state index is -0.979. The number of phenolic OH excluding ortho intramolecular Hbond substituents is 2. The summed E-state index contributed by atoms with van der Waals surface area (Å²) in [6.45, 7) is 0. The highest BCUT2D eigenvalue weighted by Crippen LogP contribution is 2.61. The number of rotatable bonds is 4. The molecule has 1 aliphatic carbocycles. The van der Waals surface area contributed by atoms with Crippen molar-refractivity contribution in [3.05, 3.63) is 241 Å². The molecule has 0 spiro atoms. The van der Waals surface area contributed by atoms with Crippen molar-refractivity contribution in [2.45, 2.75) is 5.41 Å². The van der Waals surface area contributed by atoms with Crippen LogP contribution < -0.4 is 0 Å². The lowest BCUT2D eigenvalue weighted by molar-refractivity contribution is 0.473. The molecule has 0 bridgehead atoms. The van der Waals surface area contributed by atoms with E-state index in [0.717, 1.165) is 98.7 Å². The van der Waals surface area contributed by atoms with Crippen LogP contribution in [0.5, 0.6) is 11.5 Å². The van der Waals surface area contributed by atoms with Gasteiger partial charge in [-0.05, 0) is 169 Å². The van der Waals surface area contributed by atoms with E-state index in [2.05, 4.69) is 194 Å². The Morgan fingerprint density at radius 3 is 1.06 bits per heavy atom. The Balaban J connectivity index is 1.19. The second-order valence-corrected chi connectivity index (χ2v) is 17.1. The van der Waals surface area contributed by atoms with Gasteiger partial charge in [-0.1, -0.05) is 170 Å². The molecule has 12 aromatic carbocycles. The molecule has 0 aromatic heterocycles. The number of phenols is 2. The zero-order chi connectivity index (χ0) is 41.8. The molecule has 0 radical (unpaired) electrons. The molecule has 0 unspecified atom stereocenters. The molecule has 0 saturated heterocycles. The number of hydrogen-bond acceptors (Lipinski definition) is 2. The second-order valence-electron chi connectivity index (χ2n) is 17.1. The summed E-state index contributed by atoms with van der Waals surface area (Å²) in [6, 6.07) is 77.7. The third-order valence-corrected chi connectivity index (χ3v) is 13.8. The van der Waals surface area contributed by atoms with E-state index < -0.39 is 5.41 Å². The first-order chi connectivity index (χ1) is 31.0. The largest absolute Gasteiger partial charge is 0.508 e. The van der Waals surface area contributed by atoms with E-state index >= 15 is 0 Å². The van der Waals surface area contributed by atoms with Gasteiger partial charge in [-0.25, -0.2) is 0 Å². The Hall–Kier alpha value is -8.20. The molecule has 2 nitrogen and oxygen atoms in total. The SMILES string of the molecule is Oc1cc(C2(c3cc(O)cc4c3ccc3ccccc34)c3ccc(-c4ccc5ccccc5c4)cc3-c3cc(-c4ccc5ccccc5c4)ccc32)c2ccc3ccccc3c2c1. The van der Waals surface area contributed by atoms with E-state index in [-0.39, 0.29) is 11.5 Å². The Bertz CT molecular complexity index is 3640. The fourth-order valence-corrected chi connectivity index (χ4v) is 11.0. The third-order valence-electron chi connectivity index (χ3n) is 13.8. The van der Waals surface area contributed by atoms with Gasteiger partial charge in [0.15, 0.2) is 0 Å². The summed E-state index contributed by atoms with van der Waals surface area (Å²) in [5, 5.41) is 37.2. The first kappa shape index (κ1) is 35.5. The maximum absolute atomic E-state index is 12.0. The molecule has 0 amide bonds. The van der Waals surface area contributed by atoms with Crippen LogP contribution in [0.2, 0.25) is 0 Å². The smallest absolute Gasteiger partial charge is 0.116 e. The zero-order valence-electron chi connectivity index (χ0n) is 34.2. The molecule has 0 saturated carbocycles. The summed E-state index contributed by atoms with van der Waals surface area (Å²) < 4.78 is 0. The summed E-state index contributed by atoms with van der Waals surface area (Å²) in [5.74, 6) is 0.386. The monoisotopic (exact) mass is 802 g/mol. The fourth-order valence-electron chi connectivity index (χ4n) is 11.0. The Morgan fingerprint density at radius 2 is 0.603 bits per heavy atom. The highest BCUT2D eigenvalue weighted by atomic mass is 16.3. The highest BCUT2D eigenvalue weighted by Gasteiger charge is 2.48. The summed E-state index contributed by atoms with van der Waals surface area (Å²) in [5.41, 5.74) is 9.89. The molecule has 2 heteroatoms. The number of fused-ring (bicyclic) bond motifs is 11. The predicted molar refractivity (Wildman–Crippen MR) is 263 cm³/mol. The molecule has 1 aliphatic rings. The molecule has 0 heterocycles. The quantitative estimate of drug-likeness (QED) is 0.174. The van der Waals surface area contributed by atoms with Crippen LogP contribution in [0, 0.1) is 0 Å². The number of hydrogen-bond donors (Lipinski definition) is 2. The van der Waals surface area contributed by atoms with Crippen molar-refractivity contribution in [2.75, 3.05) is 0 Å². The van der Waals surface area contributed by atoms with Gasteiger partial charge >= 0.3 is 0 Å². The normalized spacial score (nSPS) is 13.0. The Labute approximate surface area is 364 Å². The third kappa shape index (κ3) is 5.25. The predicted octanol–water partition coefficient (Wildman–Crippen LogP) is 15.7. The molecule has 294 valence electrons. The molecular weight excluding hydrogens is 765 g/mol. The van der Waals surface area contributed by atoms with Crippen LogP contribution in [0.4, 0.5) is 0 Å². The molecule has 0 atom stereocenters. The molecule has 12 aromatic rings. The van der Waals surface area contributed by atoms with Gasteiger partial charge in [-0.2, -0.15) is 0 Å². The van der Waals surface area contributed by atoms with Gasteiger partial charge in [0.1, 0.15) is 11.5 Å². The number of benzene rings is 12. The summed E-state index contributed by atoms with van der Waals surface area (Å²) in [4.78, 5) is 0. The van der Waals surface area contributed by atoms with Crippen molar-refractivity contribution < 1.29 is 10.2 Å². The standard InChI is InChI=1S/C61H38O2/c62-47-33-53-49-15-7-5-11-39(49)21-25-51(53)59(35-47)61(60-36-48(63)34-54-50-16-8-6-12-40(50)22-26-52(54)60)57-27-23-45(43-19-17-37-9-1-3-13-41(37)29-43)31-55(57)56-32-46(24-28-58(56)61)44-20-18-38-10-2-4-14-42(38)30-44/h1-36,62-63H. The van der Waals surface area contributed by atoms with Crippen LogP contribution in [0.15, 0.2) is 218 Å². The van der Waals surface area contributed by atoms with Gasteiger partial charge in [-0.15, -0.1) is 0 Å². The first-order valence-corrected chi connectivity index (χ1v) is 21.6. The van der Waals surface area contributed by atoms with Gasteiger partial charge in [0.2, 0.25) is 0 Å². The van der Waals surface area contributed by atoms with Crippen LogP contribution in [-0.4, -0.2) is 10.2 Å². The van der Waals surface area contributed by atoms with Crippen molar-refractivity contribution in [1.82, 2.24) is 0 Å². The topological polar surface area (TPSA) is 40.5 Å². The maximum atomic E-state index is 12.0. The number of aromatic hydroxyl groups is 2. The van der Waals surface area contributed by atoms with Crippen LogP contribution in [0.1, 0.15) is 22.3 Å². The lowest BCUT2D eigenvalue weighted by Crippen LogP contribution is -2.29. The van der Waals surface area contributed by atoms with E-state index in [4.69, 9.17) is 0 Å². The maximum Gasteiger partial charge on any atom is 0.116 e. The van der Waals surface area contributed by atoms with Crippen LogP contribution in [0.25, 0.3) is 98.0 Å². The van der Waals surface area contributed by atoms with Gasteiger partial charge < -0.3 is 10.2 Å². The van der Waals surface area contributed by atoms with Crippen LogP contribution >= 0.6 is 0 Å². The summed E-state index contributed by atoms with van der Waals surface area (Å²) in [7, 11) is 0. The first-order valence-electron chi connectivity index (χ1n) is 21.6. The van der Waals surface area contributed by atoms with Gasteiger partial charge in [-0.3, -0.25) is 0 Å². The van der Waals surface area contributed by atoms with E-state index in [9.17, 15) is 10.2 Å². The Morgan fingerprint density at radius 1 is 0.238 bits per heavy atom. The van der Waals surface area contributed by atoms with Crippen molar-refractivity contribution in [3.8, 4) is 44.9 Å². The minimum Gasteiger partial charge on any atom is -0.508 e. The molecule has 63 heavy (non-hydrogen) atoms. The lowest BCUT2D eigenvalue weighted by Gasteiger charge is -2.36.